The minimum absolute atomic E-state index is 0.975. The summed E-state index contributed by atoms with van der Waals surface area (Å²) in [5.41, 5.74) is 7.49. The van der Waals surface area contributed by atoms with Gasteiger partial charge in [-0.1, -0.05) is 45.9 Å². The second kappa shape index (κ2) is 23.6. The molecule has 0 unspecified atom stereocenters. The van der Waals surface area contributed by atoms with Crippen molar-refractivity contribution >= 4 is 57.3 Å². The summed E-state index contributed by atoms with van der Waals surface area (Å²) in [5, 5.41) is 0. The van der Waals surface area contributed by atoms with Crippen molar-refractivity contribution < 1.29 is 18.1 Å². The Balaban J connectivity index is 1.02. The highest BCUT2D eigenvalue weighted by molar-refractivity contribution is 8.76. The lowest BCUT2D eigenvalue weighted by atomic mass is 10.1. The summed E-state index contributed by atoms with van der Waals surface area (Å²) < 4.78 is 6.71. The van der Waals surface area contributed by atoms with E-state index in [1.807, 2.05) is 0 Å². The molecule has 8 heteroatoms. The van der Waals surface area contributed by atoms with Crippen molar-refractivity contribution in [3.8, 4) is 0 Å². The Labute approximate surface area is 349 Å². The van der Waals surface area contributed by atoms with E-state index >= 15 is 0 Å². The van der Waals surface area contributed by atoms with Crippen molar-refractivity contribution in [2.24, 2.45) is 0 Å². The zero-order valence-corrected chi connectivity index (χ0v) is 37.6. The molecule has 6 nitrogen and oxygen atoms in total. The molecule has 0 fully saturated rings. The number of aryl methyl sites for hydroxylation is 2. The molecule has 56 heavy (non-hydrogen) atoms. The fourth-order valence-corrected chi connectivity index (χ4v) is 9.22. The topological polar surface area (TPSA) is 14.2 Å². The Morgan fingerprint density at radius 2 is 0.875 bits per heavy atom. The van der Waals surface area contributed by atoms with Gasteiger partial charge in [-0.05, 0) is 73.5 Å². The normalized spacial score (nSPS) is 12.2. The lowest BCUT2D eigenvalue weighted by Gasteiger charge is -2.31. The summed E-state index contributed by atoms with van der Waals surface area (Å²) in [6.45, 7) is 13.4. The van der Waals surface area contributed by atoms with E-state index in [1.54, 1.807) is 0 Å². The molecule has 0 aliphatic rings. The van der Waals surface area contributed by atoms with Gasteiger partial charge in [0.15, 0.2) is 12.4 Å². The molecule has 2 heterocycles. The summed E-state index contributed by atoms with van der Waals surface area (Å²) in [5.74, 6) is 2.48. The second-order valence-corrected chi connectivity index (χ2v) is 19.0. The molecule has 0 radical (unpaired) electrons. The first-order valence-electron chi connectivity index (χ1n) is 20.8. The predicted octanol–water partition coefficient (Wildman–Crippen LogP) is 9.31. The first kappa shape index (κ1) is 45.1. The van der Waals surface area contributed by atoms with Crippen LogP contribution in [-0.2, 0) is 13.1 Å². The number of nitrogens with zero attached hydrogens (tertiary/aromatic N) is 6. The number of quaternary nitrogens is 2. The summed E-state index contributed by atoms with van der Waals surface area (Å²) in [6, 6.07) is 30.6. The van der Waals surface area contributed by atoms with Crippen molar-refractivity contribution in [2.45, 2.75) is 52.6 Å². The van der Waals surface area contributed by atoms with Gasteiger partial charge in [0.25, 0.3) is 0 Å². The maximum atomic E-state index is 2.40. The van der Waals surface area contributed by atoms with Crippen LogP contribution in [0.15, 0.2) is 97.3 Å². The molecule has 4 aromatic rings. The minimum Gasteiger partial charge on any atom is -0.374 e. The first-order valence-corrected chi connectivity index (χ1v) is 23.3. The summed E-state index contributed by atoms with van der Waals surface area (Å²) in [7, 11) is 18.2. The molecule has 0 aliphatic heterocycles. The molecule has 0 N–H and O–H groups in total. The number of pyridine rings is 2. The molecule has 0 amide bonds. The highest BCUT2D eigenvalue weighted by atomic mass is 33.1. The Morgan fingerprint density at radius 3 is 1.25 bits per heavy atom. The number of benzene rings is 2. The SMILES string of the molecule is CC[n+]1ccccc1/C=C/c1ccc(N(C)CCC[N+](C)(C)CCCSSCCC[N+](C)(C)CCCN(C)c2ccc(/C=C/c3cccc[n+]3CC)cc2)cc1. The van der Waals surface area contributed by atoms with Gasteiger partial charge in [0, 0.05) is 112 Å². The summed E-state index contributed by atoms with van der Waals surface area (Å²) in [6.07, 6.45) is 18.0. The van der Waals surface area contributed by atoms with E-state index in [4.69, 9.17) is 0 Å². The molecule has 0 spiro atoms. The molecule has 0 saturated heterocycles. The molecular weight excluding hydrogens is 725 g/mol. The van der Waals surface area contributed by atoms with Gasteiger partial charge in [-0.15, -0.1) is 0 Å². The van der Waals surface area contributed by atoms with Gasteiger partial charge in [0.1, 0.15) is 13.1 Å². The molecular formula is C48H72N6S2+4. The molecule has 0 aliphatic carbocycles. The predicted molar refractivity (Wildman–Crippen MR) is 249 cm³/mol. The zero-order chi connectivity index (χ0) is 40.2. The van der Waals surface area contributed by atoms with E-state index in [0.29, 0.717) is 0 Å². The number of rotatable bonds is 25. The van der Waals surface area contributed by atoms with E-state index in [2.05, 4.69) is 218 Å². The number of aromatic nitrogens is 2. The van der Waals surface area contributed by atoms with E-state index in [-0.39, 0.29) is 0 Å². The van der Waals surface area contributed by atoms with E-state index in [0.717, 1.165) is 35.1 Å². The van der Waals surface area contributed by atoms with Gasteiger partial charge in [-0.25, -0.2) is 0 Å². The molecule has 2 aromatic carbocycles. The van der Waals surface area contributed by atoms with Crippen LogP contribution in [0.3, 0.4) is 0 Å². The first-order chi connectivity index (χ1) is 27.0. The standard InChI is InChI=1S/C48H72N6S2/c1-9-51-35-13-11-19-47(51)31-25-43-21-27-45(28-22-43)49(3)33-15-37-53(5,6)39-17-41-55-56-42-18-40-54(7,8)38-16-34-50(4)46-29-23-44(24-30-46)26-32-48-20-12-14-36-52(48)10-2/h11-14,19-32,35-36H,9-10,15-18,33-34,37-42H2,1-8H3/q+4. The zero-order valence-electron chi connectivity index (χ0n) is 35.9. The maximum absolute atomic E-state index is 2.40. The minimum atomic E-state index is 0.975. The van der Waals surface area contributed by atoms with Gasteiger partial charge in [0.05, 0.1) is 54.4 Å². The average molecular weight is 797 g/mol. The Morgan fingerprint density at radius 1 is 0.500 bits per heavy atom. The number of hydrogen-bond donors (Lipinski definition) is 0. The van der Waals surface area contributed by atoms with Crippen LogP contribution in [0.1, 0.15) is 62.0 Å². The van der Waals surface area contributed by atoms with Crippen LogP contribution in [0, 0.1) is 0 Å². The van der Waals surface area contributed by atoms with Crippen molar-refractivity contribution in [3.63, 3.8) is 0 Å². The van der Waals surface area contributed by atoms with Gasteiger partial charge < -0.3 is 18.8 Å². The third-order valence-corrected chi connectivity index (χ3v) is 13.4. The Bertz CT molecular complexity index is 1640. The highest BCUT2D eigenvalue weighted by Gasteiger charge is 2.17. The third-order valence-electron chi connectivity index (χ3n) is 10.8. The van der Waals surface area contributed by atoms with Crippen LogP contribution in [-0.4, -0.2) is 102 Å². The lowest BCUT2D eigenvalue weighted by Crippen LogP contribution is -2.42. The molecule has 0 atom stereocenters. The van der Waals surface area contributed by atoms with Gasteiger partial charge in [-0.2, -0.15) is 9.13 Å². The van der Waals surface area contributed by atoms with Crippen LogP contribution in [0.5, 0.6) is 0 Å². The fraction of sp³-hybridized carbons (Fsp3) is 0.458. The Kier molecular flexibility index (Phi) is 19.0. The van der Waals surface area contributed by atoms with Crippen LogP contribution in [0.2, 0.25) is 0 Å². The molecule has 4 rings (SSSR count). The molecule has 2 aromatic heterocycles. The smallest absolute Gasteiger partial charge is 0.205 e. The van der Waals surface area contributed by atoms with Crippen LogP contribution in [0.4, 0.5) is 11.4 Å². The highest BCUT2D eigenvalue weighted by Crippen LogP contribution is 2.24. The van der Waals surface area contributed by atoms with Crippen molar-refractivity contribution in [3.05, 3.63) is 120 Å². The van der Waals surface area contributed by atoms with Crippen LogP contribution < -0.4 is 18.9 Å². The van der Waals surface area contributed by atoms with Crippen LogP contribution >= 0.6 is 21.6 Å². The quantitative estimate of drug-likeness (QED) is 0.0287. The van der Waals surface area contributed by atoms with Gasteiger partial charge in [0.2, 0.25) is 11.4 Å². The van der Waals surface area contributed by atoms with E-state index in [9.17, 15) is 0 Å². The number of hydrogen-bond acceptors (Lipinski definition) is 4. The monoisotopic (exact) mass is 797 g/mol. The van der Waals surface area contributed by atoms with Gasteiger partial charge >= 0.3 is 0 Å². The average Bonchev–Trinajstić information content (AvgIpc) is 3.20. The lowest BCUT2D eigenvalue weighted by molar-refractivity contribution is -0.890. The van der Waals surface area contributed by atoms with Gasteiger partial charge in [-0.3, -0.25) is 0 Å². The maximum Gasteiger partial charge on any atom is 0.205 e. The van der Waals surface area contributed by atoms with Crippen molar-refractivity contribution in [1.82, 2.24) is 0 Å². The Hall–Kier alpha value is -3.56. The molecule has 302 valence electrons. The summed E-state index contributed by atoms with van der Waals surface area (Å²) in [4.78, 5) is 4.79. The molecule has 0 saturated carbocycles. The third kappa shape index (κ3) is 16.1. The second-order valence-electron chi connectivity index (χ2n) is 16.3. The summed E-state index contributed by atoms with van der Waals surface area (Å²) >= 11 is 0. The molecule has 0 bridgehead atoms. The number of anilines is 2. The van der Waals surface area contributed by atoms with Crippen molar-refractivity contribution in [1.29, 1.82) is 0 Å². The fourth-order valence-electron chi connectivity index (χ4n) is 7.08. The van der Waals surface area contributed by atoms with Crippen LogP contribution in [0.25, 0.3) is 24.3 Å². The van der Waals surface area contributed by atoms with E-state index in [1.165, 1.54) is 97.3 Å². The largest absolute Gasteiger partial charge is 0.374 e. The van der Waals surface area contributed by atoms with E-state index < -0.39 is 0 Å². The van der Waals surface area contributed by atoms with Crippen molar-refractivity contribution in [2.75, 3.05) is 103 Å².